The van der Waals surface area contributed by atoms with Crippen molar-refractivity contribution in [2.45, 2.75) is 44.9 Å². The number of nitrogens with one attached hydrogen (secondary N) is 2. The number of ether oxygens (including phenoxy) is 2. The van der Waals surface area contributed by atoms with Crippen molar-refractivity contribution in [3.05, 3.63) is 58.9 Å². The van der Waals surface area contributed by atoms with E-state index in [-0.39, 0.29) is 18.5 Å². The summed E-state index contributed by atoms with van der Waals surface area (Å²) in [6, 6.07) is 12.1. The lowest BCUT2D eigenvalue weighted by atomic mass is 10.1. The molecule has 0 unspecified atom stereocenters. The van der Waals surface area contributed by atoms with Gasteiger partial charge < -0.3 is 20.1 Å². The summed E-state index contributed by atoms with van der Waals surface area (Å²) in [6.45, 7) is 0.710. The molecule has 1 aliphatic rings. The summed E-state index contributed by atoms with van der Waals surface area (Å²) in [5.41, 5.74) is 1.82. The molecule has 0 amide bonds. The minimum absolute atomic E-state index is 0.217. The molecule has 0 aromatic heterocycles. The lowest BCUT2D eigenvalue weighted by Crippen LogP contribution is -2.36. The van der Waals surface area contributed by atoms with E-state index in [0.717, 1.165) is 29.9 Å². The summed E-state index contributed by atoms with van der Waals surface area (Å²) < 4.78 is 25.6. The standard InChI is InChI=1S/C23H27FN4O2/c1-26-23(28-15-18-11-16(13-25)7-10-21(18)24)27-14-17-8-9-20(29-2)12-22(17)30-19-5-3-4-6-19/h7-12,19H,3-6,14-15H2,1-2H3,(H2,26,27,28). The Morgan fingerprint density at radius 3 is 2.53 bits per heavy atom. The van der Waals surface area contributed by atoms with Crippen LogP contribution in [0.5, 0.6) is 11.5 Å². The Balaban J connectivity index is 1.63. The number of guanidine groups is 1. The molecule has 0 saturated heterocycles. The summed E-state index contributed by atoms with van der Waals surface area (Å²) >= 11 is 0. The van der Waals surface area contributed by atoms with Crippen LogP contribution in [0.4, 0.5) is 4.39 Å². The van der Waals surface area contributed by atoms with E-state index < -0.39 is 0 Å². The maximum Gasteiger partial charge on any atom is 0.191 e. The van der Waals surface area contributed by atoms with Gasteiger partial charge >= 0.3 is 0 Å². The van der Waals surface area contributed by atoms with Gasteiger partial charge in [0.15, 0.2) is 5.96 Å². The number of aliphatic imine (C=N–C) groups is 1. The van der Waals surface area contributed by atoms with Crippen LogP contribution in [0.1, 0.15) is 42.4 Å². The summed E-state index contributed by atoms with van der Waals surface area (Å²) in [7, 11) is 3.29. The Morgan fingerprint density at radius 1 is 1.13 bits per heavy atom. The van der Waals surface area contributed by atoms with Gasteiger partial charge in [-0.2, -0.15) is 5.26 Å². The van der Waals surface area contributed by atoms with Crippen LogP contribution in [0.15, 0.2) is 41.4 Å². The zero-order valence-corrected chi connectivity index (χ0v) is 17.4. The van der Waals surface area contributed by atoms with Crippen LogP contribution in [-0.2, 0) is 13.1 Å². The molecule has 0 bridgehead atoms. The van der Waals surface area contributed by atoms with Crippen molar-refractivity contribution in [1.29, 1.82) is 5.26 Å². The molecule has 30 heavy (non-hydrogen) atoms. The van der Waals surface area contributed by atoms with Gasteiger partial charge in [0.1, 0.15) is 17.3 Å². The van der Waals surface area contributed by atoms with E-state index >= 15 is 0 Å². The molecule has 1 aliphatic carbocycles. The predicted molar refractivity (Wildman–Crippen MR) is 114 cm³/mol. The molecule has 3 rings (SSSR count). The molecule has 7 heteroatoms. The Labute approximate surface area is 176 Å². The third-order valence-electron chi connectivity index (χ3n) is 5.16. The first-order chi connectivity index (χ1) is 14.6. The first-order valence-electron chi connectivity index (χ1n) is 10.1. The number of methoxy groups -OCH3 is 1. The monoisotopic (exact) mass is 410 g/mol. The fourth-order valence-electron chi connectivity index (χ4n) is 3.46. The molecule has 6 nitrogen and oxygen atoms in total. The highest BCUT2D eigenvalue weighted by molar-refractivity contribution is 5.79. The van der Waals surface area contributed by atoms with Crippen molar-refractivity contribution < 1.29 is 13.9 Å². The average molecular weight is 410 g/mol. The van der Waals surface area contributed by atoms with E-state index in [1.807, 2.05) is 24.3 Å². The van der Waals surface area contributed by atoms with Crippen molar-refractivity contribution in [3.8, 4) is 17.6 Å². The highest BCUT2D eigenvalue weighted by Gasteiger charge is 2.18. The second-order valence-corrected chi connectivity index (χ2v) is 7.20. The fourth-order valence-corrected chi connectivity index (χ4v) is 3.46. The van der Waals surface area contributed by atoms with Gasteiger partial charge in [-0.1, -0.05) is 0 Å². The van der Waals surface area contributed by atoms with Crippen LogP contribution in [0, 0.1) is 17.1 Å². The van der Waals surface area contributed by atoms with Crippen LogP contribution in [-0.4, -0.2) is 26.2 Å². The highest BCUT2D eigenvalue weighted by atomic mass is 19.1. The van der Waals surface area contributed by atoms with E-state index in [4.69, 9.17) is 14.7 Å². The first kappa shape index (κ1) is 21.4. The second kappa shape index (κ2) is 10.5. The number of benzene rings is 2. The number of nitriles is 1. The van der Waals surface area contributed by atoms with Crippen LogP contribution < -0.4 is 20.1 Å². The van der Waals surface area contributed by atoms with Crippen molar-refractivity contribution in [2.24, 2.45) is 4.99 Å². The van der Waals surface area contributed by atoms with E-state index in [9.17, 15) is 4.39 Å². The second-order valence-electron chi connectivity index (χ2n) is 7.20. The van der Waals surface area contributed by atoms with Gasteiger partial charge in [-0.05, 0) is 56.0 Å². The molecule has 2 aromatic rings. The third-order valence-corrected chi connectivity index (χ3v) is 5.16. The van der Waals surface area contributed by atoms with Crippen LogP contribution in [0.25, 0.3) is 0 Å². The third kappa shape index (κ3) is 5.63. The van der Waals surface area contributed by atoms with E-state index in [1.165, 1.54) is 31.0 Å². The van der Waals surface area contributed by atoms with Crippen LogP contribution >= 0.6 is 0 Å². The summed E-state index contributed by atoms with van der Waals surface area (Å²) in [5.74, 6) is 1.72. The molecule has 2 aromatic carbocycles. The molecule has 2 N–H and O–H groups in total. The van der Waals surface area contributed by atoms with Crippen LogP contribution in [0.2, 0.25) is 0 Å². The molecule has 0 atom stereocenters. The lowest BCUT2D eigenvalue weighted by molar-refractivity contribution is 0.207. The SMILES string of the molecule is CN=C(NCc1cc(C#N)ccc1F)NCc1ccc(OC)cc1OC1CCCC1. The highest BCUT2D eigenvalue weighted by Crippen LogP contribution is 2.30. The number of hydrogen-bond acceptors (Lipinski definition) is 4. The molecule has 1 fully saturated rings. The molecule has 0 radical (unpaired) electrons. The normalized spacial score (nSPS) is 14.3. The zero-order chi connectivity index (χ0) is 21.3. The largest absolute Gasteiger partial charge is 0.497 e. The van der Waals surface area contributed by atoms with E-state index in [2.05, 4.69) is 15.6 Å². The zero-order valence-electron chi connectivity index (χ0n) is 17.4. The van der Waals surface area contributed by atoms with Crippen LogP contribution in [0.3, 0.4) is 0 Å². The van der Waals surface area contributed by atoms with E-state index in [1.54, 1.807) is 14.2 Å². The minimum atomic E-state index is -0.362. The van der Waals surface area contributed by atoms with Gasteiger partial charge in [-0.3, -0.25) is 4.99 Å². The first-order valence-corrected chi connectivity index (χ1v) is 10.1. The summed E-state index contributed by atoms with van der Waals surface area (Å²) in [4.78, 5) is 4.20. The van der Waals surface area contributed by atoms with Gasteiger partial charge in [0.25, 0.3) is 0 Å². The van der Waals surface area contributed by atoms with Crippen molar-refractivity contribution >= 4 is 5.96 Å². The van der Waals surface area contributed by atoms with Gasteiger partial charge in [0.05, 0.1) is 24.8 Å². The fraction of sp³-hybridized carbons (Fsp3) is 0.391. The minimum Gasteiger partial charge on any atom is -0.497 e. The Hall–Kier alpha value is -3.27. The summed E-state index contributed by atoms with van der Waals surface area (Å²) in [5, 5.41) is 15.3. The number of nitrogens with zero attached hydrogens (tertiary/aromatic N) is 2. The van der Waals surface area contributed by atoms with Gasteiger partial charge in [-0.25, -0.2) is 4.39 Å². The van der Waals surface area contributed by atoms with Crippen molar-refractivity contribution in [2.75, 3.05) is 14.2 Å². The maximum atomic E-state index is 14.0. The Kier molecular flexibility index (Phi) is 7.50. The molecule has 0 spiro atoms. The maximum absolute atomic E-state index is 14.0. The van der Waals surface area contributed by atoms with Gasteiger partial charge in [0.2, 0.25) is 0 Å². The molecule has 0 heterocycles. The van der Waals surface area contributed by atoms with Crippen molar-refractivity contribution in [1.82, 2.24) is 10.6 Å². The molecule has 0 aliphatic heterocycles. The number of rotatable bonds is 7. The van der Waals surface area contributed by atoms with Gasteiger partial charge in [-0.15, -0.1) is 0 Å². The Bertz CT molecular complexity index is 933. The molecular formula is C23H27FN4O2. The quantitative estimate of drug-likeness (QED) is 0.535. The molecule has 1 saturated carbocycles. The summed E-state index contributed by atoms with van der Waals surface area (Å²) in [6.07, 6.45) is 4.77. The topological polar surface area (TPSA) is 78.7 Å². The Morgan fingerprint density at radius 2 is 1.87 bits per heavy atom. The number of halogens is 1. The molecule has 158 valence electrons. The molecular weight excluding hydrogens is 383 g/mol. The lowest BCUT2D eigenvalue weighted by Gasteiger charge is -2.19. The number of hydrogen-bond donors (Lipinski definition) is 2. The van der Waals surface area contributed by atoms with Gasteiger partial charge in [0, 0.05) is 37.3 Å². The van der Waals surface area contributed by atoms with E-state index in [0.29, 0.717) is 23.6 Å². The predicted octanol–water partition coefficient (Wildman–Crippen LogP) is 3.89. The smallest absolute Gasteiger partial charge is 0.191 e. The average Bonchev–Trinajstić information content (AvgIpc) is 3.28. The van der Waals surface area contributed by atoms with Crippen molar-refractivity contribution in [3.63, 3.8) is 0 Å².